The number of hydrogen-bond donors (Lipinski definition) is 1. The summed E-state index contributed by atoms with van der Waals surface area (Å²) in [6.45, 7) is 8.50. The Balaban J connectivity index is 1.56. The number of nitrogens with zero attached hydrogens (tertiary/aromatic N) is 2. The van der Waals surface area contributed by atoms with E-state index < -0.39 is 0 Å². The van der Waals surface area contributed by atoms with Crippen molar-refractivity contribution >= 4 is 0 Å². The van der Waals surface area contributed by atoms with Gasteiger partial charge in [-0.3, -0.25) is 9.80 Å². The number of nitrogens with two attached hydrogens (primary N) is 1. The first kappa shape index (κ1) is 13.2. The second-order valence-corrected chi connectivity index (χ2v) is 5.94. The van der Waals surface area contributed by atoms with E-state index in [9.17, 15) is 0 Å². The molecule has 0 aliphatic carbocycles. The summed E-state index contributed by atoms with van der Waals surface area (Å²) in [5.74, 6) is 2.00. The Kier molecular flexibility index (Phi) is 3.91. The van der Waals surface area contributed by atoms with Crippen molar-refractivity contribution in [2.75, 3.05) is 26.2 Å². The summed E-state index contributed by atoms with van der Waals surface area (Å²) in [5.41, 5.74) is 6.85. The lowest BCUT2D eigenvalue weighted by Gasteiger charge is -2.23. The minimum Gasteiger partial charge on any atom is -0.463 e. The van der Waals surface area contributed by atoms with Crippen LogP contribution >= 0.6 is 0 Å². The highest BCUT2D eigenvalue weighted by Gasteiger charge is 2.29. The van der Waals surface area contributed by atoms with Gasteiger partial charge in [0, 0.05) is 19.1 Å². The maximum atomic E-state index is 5.81. The third kappa shape index (κ3) is 2.86. The number of hydrogen-bond acceptors (Lipinski definition) is 4. The molecule has 1 aromatic heterocycles. The first-order valence-corrected chi connectivity index (χ1v) is 7.51. The zero-order chi connectivity index (χ0) is 13.2. The average molecular weight is 263 g/mol. The van der Waals surface area contributed by atoms with E-state index in [1.54, 1.807) is 0 Å². The van der Waals surface area contributed by atoms with E-state index in [2.05, 4.69) is 22.8 Å². The van der Waals surface area contributed by atoms with Gasteiger partial charge >= 0.3 is 0 Å². The van der Waals surface area contributed by atoms with Crippen molar-refractivity contribution in [3.63, 3.8) is 0 Å². The van der Waals surface area contributed by atoms with Crippen molar-refractivity contribution in [3.8, 4) is 0 Å². The molecule has 2 N–H and O–H groups in total. The SMILES string of the molecule is Cc1cc(CN2CCC(N3CCCC3)C2)oc1CN. The van der Waals surface area contributed by atoms with Crippen molar-refractivity contribution in [3.05, 3.63) is 23.2 Å². The second-order valence-electron chi connectivity index (χ2n) is 5.94. The Morgan fingerprint density at radius 2 is 2.11 bits per heavy atom. The predicted octanol–water partition coefficient (Wildman–Crippen LogP) is 1.72. The zero-order valence-corrected chi connectivity index (χ0v) is 11.9. The fraction of sp³-hybridized carbons (Fsp3) is 0.733. The highest BCUT2D eigenvalue weighted by molar-refractivity contribution is 5.19. The Bertz CT molecular complexity index is 423. The maximum absolute atomic E-state index is 5.81. The molecule has 4 nitrogen and oxygen atoms in total. The van der Waals surface area contributed by atoms with E-state index in [-0.39, 0.29) is 0 Å². The van der Waals surface area contributed by atoms with Gasteiger partial charge in [-0.15, -0.1) is 0 Å². The van der Waals surface area contributed by atoms with Gasteiger partial charge in [0.05, 0.1) is 13.1 Å². The molecule has 19 heavy (non-hydrogen) atoms. The molecule has 3 rings (SSSR count). The van der Waals surface area contributed by atoms with Gasteiger partial charge in [0.15, 0.2) is 0 Å². The van der Waals surface area contributed by atoms with Gasteiger partial charge in [-0.05, 0) is 50.9 Å². The highest BCUT2D eigenvalue weighted by Crippen LogP contribution is 2.23. The fourth-order valence-corrected chi connectivity index (χ4v) is 3.45. The van der Waals surface area contributed by atoms with Crippen LogP contribution in [0, 0.1) is 6.92 Å². The van der Waals surface area contributed by atoms with Crippen LogP contribution in [0.15, 0.2) is 10.5 Å². The predicted molar refractivity (Wildman–Crippen MR) is 75.8 cm³/mol. The van der Waals surface area contributed by atoms with Crippen LogP contribution in [0.1, 0.15) is 36.3 Å². The van der Waals surface area contributed by atoms with E-state index in [0.717, 1.165) is 24.1 Å². The van der Waals surface area contributed by atoms with Crippen LogP contribution in [0.3, 0.4) is 0 Å². The third-order valence-corrected chi connectivity index (χ3v) is 4.54. The topological polar surface area (TPSA) is 45.6 Å². The van der Waals surface area contributed by atoms with Crippen LogP contribution in [0.2, 0.25) is 0 Å². The van der Waals surface area contributed by atoms with E-state index in [4.69, 9.17) is 10.2 Å². The van der Waals surface area contributed by atoms with Gasteiger partial charge in [-0.1, -0.05) is 0 Å². The molecule has 2 aliphatic rings. The number of rotatable bonds is 4. The molecule has 0 amide bonds. The summed E-state index contributed by atoms with van der Waals surface area (Å²) in [5, 5.41) is 0. The molecule has 106 valence electrons. The van der Waals surface area contributed by atoms with E-state index in [1.165, 1.54) is 51.0 Å². The number of likely N-dealkylation sites (tertiary alicyclic amines) is 2. The van der Waals surface area contributed by atoms with E-state index in [1.807, 2.05) is 0 Å². The van der Waals surface area contributed by atoms with Crippen LogP contribution in [-0.4, -0.2) is 42.0 Å². The molecule has 3 heterocycles. The van der Waals surface area contributed by atoms with Gasteiger partial charge in [0.1, 0.15) is 11.5 Å². The number of aryl methyl sites for hydroxylation is 1. The van der Waals surface area contributed by atoms with Crippen LogP contribution in [0.4, 0.5) is 0 Å². The molecule has 1 unspecified atom stereocenters. The molecular weight excluding hydrogens is 238 g/mol. The Morgan fingerprint density at radius 1 is 1.32 bits per heavy atom. The molecule has 2 fully saturated rings. The smallest absolute Gasteiger partial charge is 0.120 e. The standard InChI is InChI=1S/C15H25N3O/c1-12-8-14(19-15(12)9-16)11-17-7-4-13(10-17)18-5-2-3-6-18/h8,13H,2-7,9-11,16H2,1H3. The Morgan fingerprint density at radius 3 is 2.79 bits per heavy atom. The largest absolute Gasteiger partial charge is 0.463 e. The molecule has 2 aliphatic heterocycles. The van der Waals surface area contributed by atoms with E-state index in [0.29, 0.717) is 6.54 Å². The molecule has 2 saturated heterocycles. The molecule has 0 aromatic carbocycles. The summed E-state index contributed by atoms with van der Waals surface area (Å²) in [6.07, 6.45) is 4.07. The van der Waals surface area contributed by atoms with Crippen LogP contribution in [0.5, 0.6) is 0 Å². The lowest BCUT2D eigenvalue weighted by molar-refractivity contribution is 0.223. The van der Waals surface area contributed by atoms with Gasteiger partial charge in [0.2, 0.25) is 0 Å². The molecule has 4 heteroatoms. The molecule has 0 bridgehead atoms. The van der Waals surface area contributed by atoms with Crippen LogP contribution in [0.25, 0.3) is 0 Å². The second kappa shape index (κ2) is 5.65. The normalized spacial score (nSPS) is 25.5. The summed E-state index contributed by atoms with van der Waals surface area (Å²) < 4.78 is 5.81. The van der Waals surface area contributed by atoms with Gasteiger partial charge < -0.3 is 10.2 Å². The van der Waals surface area contributed by atoms with Crippen LogP contribution < -0.4 is 5.73 Å². The van der Waals surface area contributed by atoms with Crippen molar-refractivity contribution in [2.24, 2.45) is 5.73 Å². The monoisotopic (exact) mass is 263 g/mol. The van der Waals surface area contributed by atoms with E-state index >= 15 is 0 Å². The average Bonchev–Trinajstić information content (AvgIpc) is 3.09. The molecular formula is C15H25N3O. The quantitative estimate of drug-likeness (QED) is 0.898. The summed E-state index contributed by atoms with van der Waals surface area (Å²) in [6, 6.07) is 2.92. The van der Waals surface area contributed by atoms with Gasteiger partial charge in [-0.25, -0.2) is 0 Å². The summed E-state index contributed by atoms with van der Waals surface area (Å²) in [4.78, 5) is 5.18. The minimum absolute atomic E-state index is 0.502. The molecule has 0 saturated carbocycles. The van der Waals surface area contributed by atoms with Gasteiger partial charge in [0.25, 0.3) is 0 Å². The van der Waals surface area contributed by atoms with Crippen molar-refractivity contribution in [1.29, 1.82) is 0 Å². The third-order valence-electron chi connectivity index (χ3n) is 4.54. The van der Waals surface area contributed by atoms with Crippen molar-refractivity contribution in [1.82, 2.24) is 9.80 Å². The first-order valence-electron chi connectivity index (χ1n) is 7.51. The molecule has 0 spiro atoms. The lowest BCUT2D eigenvalue weighted by Crippen LogP contribution is -2.35. The minimum atomic E-state index is 0.502. The van der Waals surface area contributed by atoms with Crippen molar-refractivity contribution < 1.29 is 4.42 Å². The van der Waals surface area contributed by atoms with Gasteiger partial charge in [-0.2, -0.15) is 0 Å². The Hall–Kier alpha value is -0.840. The summed E-state index contributed by atoms with van der Waals surface area (Å²) >= 11 is 0. The highest BCUT2D eigenvalue weighted by atomic mass is 16.3. The van der Waals surface area contributed by atoms with Crippen molar-refractivity contribution in [2.45, 2.75) is 45.3 Å². The fourth-order valence-electron chi connectivity index (χ4n) is 3.45. The maximum Gasteiger partial charge on any atom is 0.120 e. The lowest BCUT2D eigenvalue weighted by atomic mass is 10.2. The van der Waals surface area contributed by atoms with Crippen LogP contribution in [-0.2, 0) is 13.1 Å². The number of furan rings is 1. The molecule has 1 aromatic rings. The Labute approximate surface area is 115 Å². The first-order chi connectivity index (χ1) is 9.26. The molecule has 0 radical (unpaired) electrons. The zero-order valence-electron chi connectivity index (χ0n) is 11.9. The molecule has 1 atom stereocenters. The summed E-state index contributed by atoms with van der Waals surface area (Å²) in [7, 11) is 0.